The van der Waals surface area contributed by atoms with E-state index in [0.29, 0.717) is 18.0 Å². The molecule has 1 aliphatic rings. The summed E-state index contributed by atoms with van der Waals surface area (Å²) in [6.45, 7) is 11.8. The summed E-state index contributed by atoms with van der Waals surface area (Å²) in [5.41, 5.74) is 0.424. The number of carbonyl (C=O) groups is 2. The molecule has 0 spiro atoms. The fraction of sp³-hybridized carbons (Fsp3) is 0.524. The van der Waals surface area contributed by atoms with Crippen LogP contribution in [0.2, 0.25) is 0 Å². The molecule has 1 fully saturated rings. The van der Waals surface area contributed by atoms with Gasteiger partial charge < -0.3 is 0 Å². The first kappa shape index (κ1) is 18.3. The summed E-state index contributed by atoms with van der Waals surface area (Å²) in [4.78, 5) is 26.9. The van der Waals surface area contributed by atoms with Crippen molar-refractivity contribution in [3.63, 3.8) is 0 Å². The van der Waals surface area contributed by atoms with Crippen LogP contribution in [0, 0.1) is 28.6 Å². The smallest absolute Gasteiger partial charge is 0.239 e. The number of piperidine rings is 1. The van der Waals surface area contributed by atoms with Gasteiger partial charge in [-0.3, -0.25) is 9.59 Å². The summed E-state index contributed by atoms with van der Waals surface area (Å²) >= 11 is 0. The summed E-state index contributed by atoms with van der Waals surface area (Å²) in [5, 5.41) is 0. The monoisotopic (exact) mass is 325 g/mol. The third kappa shape index (κ3) is 3.53. The Morgan fingerprint density at radius 3 is 2.00 bits per heavy atom. The normalized spacial score (nSPS) is 20.3. The van der Waals surface area contributed by atoms with Gasteiger partial charge in [0.2, 0.25) is 11.8 Å². The molecule has 1 atom stereocenters. The van der Waals surface area contributed by atoms with E-state index in [9.17, 15) is 9.59 Å². The molecule has 0 N–H and O–H groups in total. The van der Waals surface area contributed by atoms with Crippen molar-refractivity contribution < 1.29 is 9.59 Å². The van der Waals surface area contributed by atoms with Gasteiger partial charge in [-0.2, -0.15) is 0 Å². The van der Waals surface area contributed by atoms with Gasteiger partial charge in [-0.25, -0.2) is 4.90 Å². The molecule has 1 heterocycles. The molecule has 1 saturated heterocycles. The van der Waals surface area contributed by atoms with E-state index in [1.54, 1.807) is 0 Å². The maximum atomic E-state index is 12.8. The van der Waals surface area contributed by atoms with Crippen LogP contribution < -0.4 is 4.90 Å². The van der Waals surface area contributed by atoms with Crippen molar-refractivity contribution in [1.82, 2.24) is 0 Å². The van der Waals surface area contributed by atoms with Gasteiger partial charge in [0.1, 0.15) is 0 Å². The molecule has 24 heavy (non-hydrogen) atoms. The van der Waals surface area contributed by atoms with Crippen molar-refractivity contribution >= 4 is 17.5 Å². The zero-order chi connectivity index (χ0) is 18.1. The Labute approximate surface area is 145 Å². The second-order valence-electron chi connectivity index (χ2n) is 8.02. The topological polar surface area (TPSA) is 37.4 Å². The van der Waals surface area contributed by atoms with E-state index in [1.165, 1.54) is 4.90 Å². The van der Waals surface area contributed by atoms with Crippen LogP contribution in [-0.2, 0) is 9.59 Å². The molecule has 0 saturated carbocycles. The zero-order valence-electron chi connectivity index (χ0n) is 15.6. The Morgan fingerprint density at radius 2 is 1.54 bits per heavy atom. The minimum absolute atomic E-state index is 0.134. The number of amides is 2. The van der Waals surface area contributed by atoms with Gasteiger partial charge >= 0.3 is 0 Å². The Hall–Kier alpha value is -2.08. The second kappa shape index (κ2) is 6.43. The lowest BCUT2D eigenvalue weighted by atomic mass is 9.70. The van der Waals surface area contributed by atoms with Crippen LogP contribution in [0.4, 0.5) is 5.69 Å². The van der Waals surface area contributed by atoms with Crippen LogP contribution in [0.1, 0.15) is 59.9 Å². The van der Waals surface area contributed by atoms with E-state index in [2.05, 4.69) is 25.7 Å². The molecule has 3 heteroatoms. The number of benzene rings is 1. The predicted molar refractivity (Wildman–Crippen MR) is 97.4 cm³/mol. The average Bonchev–Trinajstić information content (AvgIpc) is 2.51. The summed E-state index contributed by atoms with van der Waals surface area (Å²) < 4.78 is 0. The summed E-state index contributed by atoms with van der Waals surface area (Å²) in [6, 6.07) is 7.38. The molecule has 128 valence electrons. The van der Waals surface area contributed by atoms with Crippen LogP contribution >= 0.6 is 0 Å². The van der Waals surface area contributed by atoms with Gasteiger partial charge in [0.05, 0.1) is 5.69 Å². The largest absolute Gasteiger partial charge is 0.273 e. The van der Waals surface area contributed by atoms with E-state index in [0.717, 1.165) is 12.0 Å². The number of carbonyl (C=O) groups excluding carboxylic acids is 2. The number of hydrogen-bond donors (Lipinski definition) is 0. The van der Waals surface area contributed by atoms with Crippen LogP contribution in [0.3, 0.4) is 0 Å². The Bertz CT molecular complexity index is 676. The molecule has 1 unspecified atom stereocenters. The Morgan fingerprint density at radius 1 is 1.04 bits per heavy atom. The van der Waals surface area contributed by atoms with Crippen molar-refractivity contribution in [1.29, 1.82) is 0 Å². The van der Waals surface area contributed by atoms with E-state index in [4.69, 9.17) is 0 Å². The zero-order valence-corrected chi connectivity index (χ0v) is 15.6. The van der Waals surface area contributed by atoms with Gasteiger partial charge in [0.15, 0.2) is 0 Å². The first-order valence-corrected chi connectivity index (χ1v) is 8.59. The number of imide groups is 1. The molecule has 0 radical (unpaired) electrons. The number of rotatable bonds is 2. The summed E-state index contributed by atoms with van der Waals surface area (Å²) in [7, 11) is 0. The van der Waals surface area contributed by atoms with Crippen LogP contribution in [-0.4, -0.2) is 11.8 Å². The van der Waals surface area contributed by atoms with E-state index >= 15 is 0 Å². The van der Waals surface area contributed by atoms with Crippen molar-refractivity contribution in [2.45, 2.75) is 54.4 Å². The van der Waals surface area contributed by atoms with Crippen LogP contribution in [0.5, 0.6) is 0 Å². The van der Waals surface area contributed by atoms with E-state index < -0.39 is 10.8 Å². The summed E-state index contributed by atoms with van der Waals surface area (Å²) in [5.74, 6) is 6.43. The molecule has 1 aromatic rings. The molecule has 2 amide bonds. The quantitative estimate of drug-likeness (QED) is 0.597. The number of anilines is 1. The first-order valence-electron chi connectivity index (χ1n) is 8.59. The van der Waals surface area contributed by atoms with Crippen LogP contribution in [0.25, 0.3) is 0 Å². The predicted octanol–water partition coefficient (Wildman–Crippen LogP) is 4.40. The van der Waals surface area contributed by atoms with Crippen LogP contribution in [0.15, 0.2) is 24.3 Å². The highest BCUT2D eigenvalue weighted by atomic mass is 16.2. The Kier molecular flexibility index (Phi) is 4.90. The molecule has 1 aromatic carbocycles. The SMILES string of the molecule is CCC(C)C#Cc1ccc(N2C(=O)C(C)(C)CC(C)(C)C2=O)cc1. The third-order valence-electron chi connectivity index (χ3n) is 4.65. The highest BCUT2D eigenvalue weighted by Crippen LogP contribution is 2.43. The fourth-order valence-corrected chi connectivity index (χ4v) is 3.19. The van der Waals surface area contributed by atoms with Crippen molar-refractivity contribution in [3.8, 4) is 11.8 Å². The van der Waals surface area contributed by atoms with Gasteiger partial charge in [-0.05, 0) is 37.1 Å². The lowest BCUT2D eigenvalue weighted by Gasteiger charge is -2.44. The second-order valence-corrected chi connectivity index (χ2v) is 8.02. The van der Waals surface area contributed by atoms with Gasteiger partial charge in [-0.1, -0.05) is 53.4 Å². The molecular formula is C21H27NO2. The maximum Gasteiger partial charge on any atom is 0.239 e. The number of nitrogens with zero attached hydrogens (tertiary/aromatic N) is 1. The van der Waals surface area contributed by atoms with Gasteiger partial charge in [0.25, 0.3) is 0 Å². The van der Waals surface area contributed by atoms with E-state index in [-0.39, 0.29) is 11.8 Å². The Balaban J connectivity index is 2.34. The van der Waals surface area contributed by atoms with Crippen molar-refractivity contribution in [2.24, 2.45) is 16.7 Å². The molecule has 1 aliphatic heterocycles. The molecule has 0 bridgehead atoms. The standard InChI is InChI=1S/C21H27NO2/c1-7-15(2)8-9-16-10-12-17(13-11-16)22-18(23)20(3,4)14-21(5,6)19(22)24/h10-13,15H,7,14H2,1-6H3. The highest BCUT2D eigenvalue weighted by molar-refractivity contribution is 6.20. The van der Waals surface area contributed by atoms with Gasteiger partial charge in [-0.15, -0.1) is 0 Å². The minimum Gasteiger partial charge on any atom is -0.273 e. The lowest BCUT2D eigenvalue weighted by Crippen LogP contribution is -2.57. The van der Waals surface area contributed by atoms with Gasteiger partial charge in [0, 0.05) is 22.3 Å². The fourth-order valence-electron chi connectivity index (χ4n) is 3.19. The minimum atomic E-state index is -0.549. The third-order valence-corrected chi connectivity index (χ3v) is 4.65. The molecule has 2 rings (SSSR count). The van der Waals surface area contributed by atoms with Crippen molar-refractivity contribution in [2.75, 3.05) is 4.90 Å². The number of hydrogen-bond acceptors (Lipinski definition) is 2. The molecule has 0 aromatic heterocycles. The lowest BCUT2D eigenvalue weighted by molar-refractivity contribution is -0.143. The highest BCUT2D eigenvalue weighted by Gasteiger charge is 2.50. The molecule has 3 nitrogen and oxygen atoms in total. The molecule has 0 aliphatic carbocycles. The van der Waals surface area contributed by atoms with E-state index in [1.807, 2.05) is 52.0 Å². The first-order chi connectivity index (χ1) is 11.1. The molecular weight excluding hydrogens is 298 g/mol. The average molecular weight is 325 g/mol. The summed E-state index contributed by atoms with van der Waals surface area (Å²) in [6.07, 6.45) is 1.58. The van der Waals surface area contributed by atoms with Crippen molar-refractivity contribution in [3.05, 3.63) is 29.8 Å². The maximum absolute atomic E-state index is 12.8.